The molecule has 0 saturated heterocycles. The molecule has 0 aliphatic rings. The van der Waals surface area contributed by atoms with E-state index in [1.54, 1.807) is 0 Å². The summed E-state index contributed by atoms with van der Waals surface area (Å²) >= 11 is 1.40. The maximum atomic E-state index is 13.4. The molecule has 2 amide bonds. The van der Waals surface area contributed by atoms with Crippen LogP contribution in [-0.4, -0.2) is 21.8 Å². The molecule has 7 heteroatoms. The van der Waals surface area contributed by atoms with Crippen LogP contribution < -0.4 is 10.6 Å². The number of nitrogens with zero attached hydrogens (tertiary/aromatic N) is 2. The van der Waals surface area contributed by atoms with Gasteiger partial charge in [-0.25, -0.2) is 9.97 Å². The number of carbonyl (C=O) groups excluding carboxylic acids is 2. The van der Waals surface area contributed by atoms with Crippen molar-refractivity contribution in [2.24, 2.45) is 5.92 Å². The van der Waals surface area contributed by atoms with Gasteiger partial charge in [0.2, 0.25) is 5.91 Å². The minimum absolute atomic E-state index is 0.0774. The van der Waals surface area contributed by atoms with E-state index in [1.807, 2.05) is 92.7 Å². The van der Waals surface area contributed by atoms with Crippen LogP contribution >= 0.6 is 11.3 Å². The van der Waals surface area contributed by atoms with Crippen molar-refractivity contribution in [1.82, 2.24) is 9.97 Å². The molecule has 0 fully saturated rings. The zero-order valence-electron chi connectivity index (χ0n) is 18.7. The predicted molar refractivity (Wildman–Crippen MR) is 138 cm³/mol. The van der Waals surface area contributed by atoms with Crippen LogP contribution in [0.4, 0.5) is 10.8 Å². The van der Waals surface area contributed by atoms with E-state index >= 15 is 0 Å². The summed E-state index contributed by atoms with van der Waals surface area (Å²) in [6.07, 6.45) is 0. The third-order valence-corrected chi connectivity index (χ3v) is 6.38. The van der Waals surface area contributed by atoms with Crippen molar-refractivity contribution in [2.75, 3.05) is 10.6 Å². The minimum Gasteiger partial charge on any atom is -0.322 e. The van der Waals surface area contributed by atoms with E-state index in [0.717, 1.165) is 26.9 Å². The fraction of sp³-hybridized carbons (Fsp3) is 0.111. The van der Waals surface area contributed by atoms with Gasteiger partial charge in [-0.15, -0.1) is 0 Å². The van der Waals surface area contributed by atoms with Gasteiger partial charge < -0.3 is 10.6 Å². The van der Waals surface area contributed by atoms with E-state index in [9.17, 15) is 9.59 Å². The maximum absolute atomic E-state index is 13.4. The van der Waals surface area contributed by atoms with Crippen molar-refractivity contribution >= 4 is 55.1 Å². The number of amides is 2. The van der Waals surface area contributed by atoms with Crippen molar-refractivity contribution in [3.63, 3.8) is 0 Å². The van der Waals surface area contributed by atoms with E-state index in [4.69, 9.17) is 4.98 Å². The summed E-state index contributed by atoms with van der Waals surface area (Å²) in [5.41, 5.74) is 4.34. The molecule has 2 aromatic heterocycles. The number of fused-ring (bicyclic) bond motifs is 2. The van der Waals surface area contributed by atoms with Crippen molar-refractivity contribution in [3.05, 3.63) is 84.4 Å². The molecule has 6 nitrogen and oxygen atoms in total. The monoisotopic (exact) mass is 466 g/mol. The fourth-order valence-electron chi connectivity index (χ4n) is 3.63. The number of hydrogen-bond donors (Lipinski definition) is 2. The predicted octanol–water partition coefficient (Wildman–Crippen LogP) is 6.36. The quantitative estimate of drug-likeness (QED) is 0.316. The molecule has 0 spiro atoms. The van der Waals surface area contributed by atoms with Gasteiger partial charge >= 0.3 is 0 Å². The second kappa shape index (κ2) is 9.03. The topological polar surface area (TPSA) is 84.0 Å². The SMILES string of the molecule is CC(C)C(=O)Nc1nc2cc(NC(=O)c3cc(-c4ccccc4)nc4ccccc34)ccc2s1. The Morgan fingerprint density at radius 2 is 1.59 bits per heavy atom. The molecule has 0 unspecified atom stereocenters. The zero-order chi connectivity index (χ0) is 23.7. The van der Waals surface area contributed by atoms with Crippen LogP contribution in [0, 0.1) is 5.92 Å². The van der Waals surface area contributed by atoms with Gasteiger partial charge in [0, 0.05) is 22.6 Å². The summed E-state index contributed by atoms with van der Waals surface area (Å²) in [5.74, 6) is -0.428. The number of hydrogen-bond acceptors (Lipinski definition) is 5. The Kier molecular flexibility index (Phi) is 5.77. The number of rotatable bonds is 5. The number of para-hydroxylation sites is 1. The first-order valence-electron chi connectivity index (χ1n) is 11.0. The van der Waals surface area contributed by atoms with Crippen molar-refractivity contribution < 1.29 is 9.59 Å². The largest absolute Gasteiger partial charge is 0.322 e. The molecule has 5 aromatic rings. The van der Waals surface area contributed by atoms with Gasteiger partial charge in [0.05, 0.1) is 27.0 Å². The number of aromatic nitrogens is 2. The van der Waals surface area contributed by atoms with Crippen LogP contribution in [0.25, 0.3) is 32.4 Å². The molecule has 0 bridgehead atoms. The molecule has 34 heavy (non-hydrogen) atoms. The summed E-state index contributed by atoms with van der Waals surface area (Å²) in [6.45, 7) is 3.67. The summed E-state index contributed by atoms with van der Waals surface area (Å²) in [4.78, 5) is 34.6. The molecule has 0 aliphatic carbocycles. The normalized spacial score (nSPS) is 11.1. The zero-order valence-corrected chi connectivity index (χ0v) is 19.5. The van der Waals surface area contributed by atoms with E-state index in [2.05, 4.69) is 15.6 Å². The number of thiazole rings is 1. The third kappa shape index (κ3) is 4.38. The molecule has 0 aliphatic heterocycles. The molecule has 0 atom stereocenters. The Hall–Kier alpha value is -4.10. The standard InChI is InChI=1S/C27H22N4O2S/c1-16(2)25(32)31-27-30-23-14-18(12-13-24(23)34-27)28-26(33)20-15-22(17-8-4-3-5-9-17)29-21-11-7-6-10-19(20)21/h3-16H,1-2H3,(H,28,33)(H,30,31,32). The highest BCUT2D eigenvalue weighted by Gasteiger charge is 2.16. The van der Waals surface area contributed by atoms with Crippen LogP contribution in [0.2, 0.25) is 0 Å². The van der Waals surface area contributed by atoms with E-state index in [0.29, 0.717) is 21.9 Å². The van der Waals surface area contributed by atoms with Gasteiger partial charge in [-0.2, -0.15) is 0 Å². The lowest BCUT2D eigenvalue weighted by atomic mass is 10.0. The molecular weight excluding hydrogens is 444 g/mol. The summed E-state index contributed by atoms with van der Waals surface area (Å²) in [7, 11) is 0. The number of pyridine rings is 1. The Balaban J connectivity index is 1.47. The summed E-state index contributed by atoms with van der Waals surface area (Å²) < 4.78 is 0.928. The van der Waals surface area contributed by atoms with Crippen LogP contribution in [0.3, 0.4) is 0 Å². The second-order valence-electron chi connectivity index (χ2n) is 8.24. The van der Waals surface area contributed by atoms with Gasteiger partial charge in [-0.3, -0.25) is 9.59 Å². The number of nitrogens with one attached hydrogen (secondary N) is 2. The molecule has 5 rings (SSSR count). The van der Waals surface area contributed by atoms with Crippen LogP contribution in [0.15, 0.2) is 78.9 Å². The molecular formula is C27H22N4O2S. The highest BCUT2D eigenvalue weighted by Crippen LogP contribution is 2.30. The second-order valence-corrected chi connectivity index (χ2v) is 9.27. The van der Waals surface area contributed by atoms with Gasteiger partial charge in [0.25, 0.3) is 5.91 Å². The highest BCUT2D eigenvalue weighted by molar-refractivity contribution is 7.22. The van der Waals surface area contributed by atoms with E-state index in [-0.39, 0.29) is 17.7 Å². The van der Waals surface area contributed by atoms with E-state index in [1.165, 1.54) is 11.3 Å². The Morgan fingerprint density at radius 1 is 0.824 bits per heavy atom. The molecule has 2 N–H and O–H groups in total. The van der Waals surface area contributed by atoms with Crippen LogP contribution in [0.5, 0.6) is 0 Å². The minimum atomic E-state index is -0.223. The Morgan fingerprint density at radius 3 is 2.38 bits per heavy atom. The van der Waals surface area contributed by atoms with Crippen LogP contribution in [-0.2, 0) is 4.79 Å². The highest BCUT2D eigenvalue weighted by atomic mass is 32.1. The average molecular weight is 467 g/mol. The van der Waals surface area contributed by atoms with E-state index < -0.39 is 0 Å². The number of carbonyl (C=O) groups is 2. The third-order valence-electron chi connectivity index (χ3n) is 5.43. The summed E-state index contributed by atoms with van der Waals surface area (Å²) in [5, 5.41) is 7.16. The van der Waals surface area contributed by atoms with Gasteiger partial charge in [-0.1, -0.05) is 73.7 Å². The van der Waals surface area contributed by atoms with Crippen molar-refractivity contribution in [2.45, 2.75) is 13.8 Å². The van der Waals surface area contributed by atoms with Crippen molar-refractivity contribution in [1.29, 1.82) is 0 Å². The molecule has 0 radical (unpaired) electrons. The summed E-state index contributed by atoms with van der Waals surface area (Å²) in [6, 6.07) is 24.8. The first-order valence-corrected chi connectivity index (χ1v) is 11.8. The maximum Gasteiger partial charge on any atom is 0.256 e. The number of benzene rings is 3. The Bertz CT molecular complexity index is 1530. The number of anilines is 2. The molecule has 0 saturated carbocycles. The lowest BCUT2D eigenvalue weighted by Gasteiger charge is -2.11. The van der Waals surface area contributed by atoms with Crippen molar-refractivity contribution in [3.8, 4) is 11.3 Å². The first kappa shape index (κ1) is 21.7. The smallest absolute Gasteiger partial charge is 0.256 e. The lowest BCUT2D eigenvalue weighted by Crippen LogP contribution is -2.17. The fourth-order valence-corrected chi connectivity index (χ4v) is 4.48. The van der Waals surface area contributed by atoms with Crippen LogP contribution in [0.1, 0.15) is 24.2 Å². The molecule has 3 aromatic carbocycles. The van der Waals surface area contributed by atoms with Gasteiger partial charge in [0.1, 0.15) is 0 Å². The molecule has 2 heterocycles. The Labute approximate surface area is 200 Å². The van der Waals surface area contributed by atoms with Gasteiger partial charge in [-0.05, 0) is 30.3 Å². The lowest BCUT2D eigenvalue weighted by molar-refractivity contribution is -0.118. The molecule has 168 valence electrons. The first-order chi connectivity index (χ1) is 16.5. The van der Waals surface area contributed by atoms with Gasteiger partial charge in [0.15, 0.2) is 5.13 Å². The average Bonchev–Trinajstić information content (AvgIpc) is 3.25.